The van der Waals surface area contributed by atoms with Gasteiger partial charge in [-0.15, -0.1) is 0 Å². The number of imidazole rings is 2. The number of nitrogens with two attached hydrogens (primary N) is 1. The van der Waals surface area contributed by atoms with E-state index >= 15 is 0 Å². The predicted octanol–water partition coefficient (Wildman–Crippen LogP) is 0.751. The largest absolute Gasteiger partial charge is 0.480 e. The van der Waals surface area contributed by atoms with Crippen molar-refractivity contribution in [2.24, 2.45) is 5.73 Å². The topological polar surface area (TPSA) is 224 Å². The number of aromatic amines is 3. The van der Waals surface area contributed by atoms with Crippen molar-refractivity contribution in [1.82, 2.24) is 40.9 Å². The van der Waals surface area contributed by atoms with Crippen LogP contribution in [0.25, 0.3) is 10.9 Å². The Balaban J connectivity index is 1.38. The number of hydrogen-bond acceptors (Lipinski definition) is 7. The van der Waals surface area contributed by atoms with Crippen LogP contribution in [-0.4, -0.2) is 77.9 Å². The van der Waals surface area contributed by atoms with Crippen LogP contribution in [0.2, 0.25) is 0 Å². The average molecular weight is 626 g/mol. The SMILES string of the molecule is NC(Cc1cnc[nH]1)C(=O)NC(Cc1ccccc1)C(=O)NC(Cc1c[nH]c2ccccc12)C(=O)NC(Cc1cnc[nH]1)C(=O)O. The summed E-state index contributed by atoms with van der Waals surface area (Å²) in [5.41, 5.74) is 9.68. The standard InChI is InChI=1S/C32H35N9O5/c33-24(12-21-15-34-17-37-21)29(42)39-26(10-19-6-2-1-3-7-19)30(43)40-27(11-20-14-36-25-9-5-4-8-23(20)25)31(44)41-28(32(45)46)13-22-16-35-18-38-22/h1-9,14-18,24,26-28,36H,10-13,33H2,(H,34,37)(H,35,38)(H,39,42)(H,40,43)(H,41,44)(H,45,46). The number of aliphatic carboxylic acids is 1. The number of carbonyl (C=O) groups excluding carboxylic acids is 3. The van der Waals surface area contributed by atoms with Crippen molar-refractivity contribution >= 4 is 34.6 Å². The third-order valence-corrected chi connectivity index (χ3v) is 7.57. The number of nitrogens with zero attached hydrogens (tertiary/aromatic N) is 2. The Labute approximate surface area is 263 Å². The fourth-order valence-electron chi connectivity index (χ4n) is 5.15. The lowest BCUT2D eigenvalue weighted by Crippen LogP contribution is -2.58. The van der Waals surface area contributed by atoms with Gasteiger partial charge in [-0.3, -0.25) is 14.4 Å². The first-order chi connectivity index (χ1) is 22.3. The molecule has 46 heavy (non-hydrogen) atoms. The van der Waals surface area contributed by atoms with Crippen LogP contribution in [0, 0.1) is 0 Å². The summed E-state index contributed by atoms with van der Waals surface area (Å²) >= 11 is 0. The van der Waals surface area contributed by atoms with Crippen LogP contribution in [0.4, 0.5) is 0 Å². The quantitative estimate of drug-likeness (QED) is 0.0827. The minimum absolute atomic E-state index is 0.0450. The first-order valence-corrected chi connectivity index (χ1v) is 14.7. The van der Waals surface area contributed by atoms with Gasteiger partial charge in [0, 0.05) is 66.6 Å². The Kier molecular flexibility index (Phi) is 10.2. The number of amides is 3. The second-order valence-corrected chi connectivity index (χ2v) is 10.9. The van der Waals surface area contributed by atoms with Crippen molar-refractivity contribution in [3.05, 3.63) is 108 Å². The maximum atomic E-state index is 13.9. The van der Waals surface area contributed by atoms with Crippen LogP contribution in [0.15, 0.2) is 85.8 Å². The molecule has 4 atom stereocenters. The number of carbonyl (C=O) groups is 4. The number of nitrogens with one attached hydrogen (secondary N) is 6. The number of fused-ring (bicyclic) bond motifs is 1. The van der Waals surface area contributed by atoms with Crippen LogP contribution in [0.3, 0.4) is 0 Å². The molecule has 0 spiro atoms. The number of aromatic nitrogens is 5. The van der Waals surface area contributed by atoms with Crippen LogP contribution in [0.1, 0.15) is 22.5 Å². The molecular weight excluding hydrogens is 590 g/mol. The summed E-state index contributed by atoms with van der Waals surface area (Å²) in [4.78, 5) is 69.6. The van der Waals surface area contributed by atoms with Gasteiger partial charge in [0.15, 0.2) is 0 Å². The lowest BCUT2D eigenvalue weighted by Gasteiger charge is -2.25. The number of carboxylic acid groups (broad SMARTS) is 1. The predicted molar refractivity (Wildman–Crippen MR) is 168 cm³/mol. The Morgan fingerprint density at radius 3 is 1.93 bits per heavy atom. The Morgan fingerprint density at radius 2 is 1.28 bits per heavy atom. The molecule has 14 nitrogen and oxygen atoms in total. The van der Waals surface area contributed by atoms with Gasteiger partial charge in [0.2, 0.25) is 17.7 Å². The molecule has 5 aromatic rings. The first kappa shape index (κ1) is 31.7. The maximum absolute atomic E-state index is 13.9. The van der Waals surface area contributed by atoms with Crippen LogP contribution in [-0.2, 0) is 44.9 Å². The summed E-state index contributed by atoms with van der Waals surface area (Å²) in [5, 5.41) is 18.8. The minimum atomic E-state index is -1.30. The van der Waals surface area contributed by atoms with Gasteiger partial charge in [-0.05, 0) is 17.2 Å². The Hall–Kier alpha value is -5.76. The highest BCUT2D eigenvalue weighted by Gasteiger charge is 2.31. The zero-order valence-electron chi connectivity index (χ0n) is 24.8. The van der Waals surface area contributed by atoms with E-state index in [1.165, 1.54) is 18.9 Å². The number of rotatable bonds is 15. The fourth-order valence-corrected chi connectivity index (χ4v) is 5.15. The lowest BCUT2D eigenvalue weighted by atomic mass is 10.0. The molecule has 238 valence electrons. The van der Waals surface area contributed by atoms with Crippen molar-refractivity contribution in [3.8, 4) is 0 Å². The van der Waals surface area contributed by atoms with Gasteiger partial charge in [0.25, 0.3) is 0 Å². The van der Waals surface area contributed by atoms with Gasteiger partial charge in [-0.25, -0.2) is 14.8 Å². The summed E-state index contributed by atoms with van der Waals surface area (Å²) in [6.07, 6.45) is 7.96. The van der Waals surface area contributed by atoms with E-state index < -0.39 is 47.9 Å². The molecule has 0 aliphatic carbocycles. The summed E-state index contributed by atoms with van der Waals surface area (Å²) in [6.45, 7) is 0. The third-order valence-electron chi connectivity index (χ3n) is 7.57. The van der Waals surface area contributed by atoms with E-state index in [0.29, 0.717) is 11.4 Å². The van der Waals surface area contributed by atoms with Crippen LogP contribution >= 0.6 is 0 Å². The second kappa shape index (κ2) is 14.8. The number of para-hydroxylation sites is 1. The molecule has 5 rings (SSSR count). The highest BCUT2D eigenvalue weighted by atomic mass is 16.4. The van der Waals surface area contributed by atoms with E-state index in [2.05, 4.69) is 40.9 Å². The van der Waals surface area contributed by atoms with Crippen molar-refractivity contribution in [3.63, 3.8) is 0 Å². The van der Waals surface area contributed by atoms with Crippen molar-refractivity contribution in [1.29, 1.82) is 0 Å². The zero-order chi connectivity index (χ0) is 32.5. The summed E-state index contributed by atoms with van der Waals surface area (Å²) in [5.74, 6) is -3.15. The van der Waals surface area contributed by atoms with Gasteiger partial charge in [0.1, 0.15) is 18.1 Å². The molecule has 3 amide bonds. The molecular formula is C32H35N9O5. The number of benzene rings is 2. The Bertz CT molecular complexity index is 1750. The molecule has 4 unspecified atom stereocenters. The molecule has 0 bridgehead atoms. The van der Waals surface area contributed by atoms with Gasteiger partial charge in [-0.1, -0.05) is 48.5 Å². The molecule has 0 aliphatic heterocycles. The molecule has 9 N–H and O–H groups in total. The zero-order valence-corrected chi connectivity index (χ0v) is 24.8. The van der Waals surface area contributed by atoms with E-state index in [9.17, 15) is 24.3 Å². The monoisotopic (exact) mass is 625 g/mol. The highest BCUT2D eigenvalue weighted by Crippen LogP contribution is 2.19. The molecule has 0 saturated heterocycles. The summed E-state index contributed by atoms with van der Waals surface area (Å²) in [7, 11) is 0. The molecule has 0 aliphatic rings. The van der Waals surface area contributed by atoms with Crippen LogP contribution in [0.5, 0.6) is 0 Å². The van der Waals surface area contributed by atoms with E-state index in [0.717, 1.165) is 22.0 Å². The highest BCUT2D eigenvalue weighted by molar-refractivity contribution is 5.95. The lowest BCUT2D eigenvalue weighted by molar-refractivity contribution is -0.142. The summed E-state index contributed by atoms with van der Waals surface area (Å²) < 4.78 is 0. The number of carboxylic acids is 1. The van der Waals surface area contributed by atoms with Gasteiger partial charge < -0.3 is 41.7 Å². The molecule has 3 aromatic heterocycles. The molecule has 0 radical (unpaired) electrons. The fraction of sp³-hybridized carbons (Fsp3) is 0.250. The molecule has 3 heterocycles. The number of H-pyrrole nitrogens is 3. The smallest absolute Gasteiger partial charge is 0.326 e. The van der Waals surface area contributed by atoms with Crippen LogP contribution < -0.4 is 21.7 Å². The normalized spacial score (nSPS) is 13.8. The van der Waals surface area contributed by atoms with Gasteiger partial charge >= 0.3 is 5.97 Å². The van der Waals surface area contributed by atoms with Crippen molar-refractivity contribution in [2.45, 2.75) is 49.9 Å². The molecule has 0 saturated carbocycles. The maximum Gasteiger partial charge on any atom is 0.326 e. The Morgan fingerprint density at radius 1 is 0.696 bits per heavy atom. The third kappa shape index (κ3) is 8.24. The first-order valence-electron chi connectivity index (χ1n) is 14.7. The molecule has 0 fully saturated rings. The minimum Gasteiger partial charge on any atom is -0.480 e. The van der Waals surface area contributed by atoms with Crippen molar-refractivity contribution in [2.75, 3.05) is 0 Å². The molecule has 14 heteroatoms. The van der Waals surface area contributed by atoms with E-state index in [4.69, 9.17) is 5.73 Å². The van der Waals surface area contributed by atoms with E-state index in [1.807, 2.05) is 54.6 Å². The van der Waals surface area contributed by atoms with E-state index in [1.54, 1.807) is 12.4 Å². The van der Waals surface area contributed by atoms with Crippen molar-refractivity contribution < 1.29 is 24.3 Å². The molecule has 2 aromatic carbocycles. The van der Waals surface area contributed by atoms with Gasteiger partial charge in [-0.2, -0.15) is 0 Å². The number of hydrogen-bond donors (Lipinski definition) is 8. The summed E-state index contributed by atoms with van der Waals surface area (Å²) in [6, 6.07) is 12.0. The second-order valence-electron chi connectivity index (χ2n) is 10.9. The van der Waals surface area contributed by atoms with E-state index in [-0.39, 0.29) is 25.7 Å². The average Bonchev–Trinajstić information content (AvgIpc) is 3.84. The van der Waals surface area contributed by atoms with Gasteiger partial charge in [0.05, 0.1) is 18.7 Å².